The minimum absolute atomic E-state index is 0.0962. The molecule has 0 saturated heterocycles. The van der Waals surface area contributed by atoms with E-state index in [0.29, 0.717) is 16.8 Å². The van der Waals surface area contributed by atoms with E-state index in [9.17, 15) is 26.4 Å². The summed E-state index contributed by atoms with van der Waals surface area (Å²) in [6.07, 6.45) is -3.23. The Morgan fingerprint density at radius 1 is 1.09 bits per heavy atom. The average Bonchev–Trinajstić information content (AvgIpc) is 3.04. The number of benzene rings is 2. The molecule has 32 heavy (non-hydrogen) atoms. The second-order valence-electron chi connectivity index (χ2n) is 6.95. The van der Waals surface area contributed by atoms with Crippen molar-refractivity contribution < 1.29 is 31.2 Å². The summed E-state index contributed by atoms with van der Waals surface area (Å²) < 4.78 is 63.6. The van der Waals surface area contributed by atoms with Gasteiger partial charge in [-0.05, 0) is 43.2 Å². The first-order valence-electron chi connectivity index (χ1n) is 9.65. The largest absolute Gasteiger partial charge is 0.417 e. The lowest BCUT2D eigenvalue weighted by atomic mass is 10.00. The van der Waals surface area contributed by atoms with Gasteiger partial charge < -0.3 is 10.2 Å². The molecule has 0 radical (unpaired) electrons. The van der Waals surface area contributed by atoms with Gasteiger partial charge in [-0.25, -0.2) is 8.42 Å². The van der Waals surface area contributed by atoms with Crippen molar-refractivity contribution in [2.45, 2.75) is 25.8 Å². The van der Waals surface area contributed by atoms with Crippen molar-refractivity contribution in [3.8, 4) is 11.3 Å². The van der Waals surface area contributed by atoms with Crippen molar-refractivity contribution in [1.29, 1.82) is 0 Å². The summed E-state index contributed by atoms with van der Waals surface area (Å²) in [5, 5.41) is 2.68. The van der Waals surface area contributed by atoms with Crippen LogP contribution in [0, 0.1) is 6.92 Å². The van der Waals surface area contributed by atoms with Gasteiger partial charge in [-0.1, -0.05) is 30.3 Å². The number of anilines is 1. The van der Waals surface area contributed by atoms with Crippen molar-refractivity contribution in [2.24, 2.45) is 0 Å². The Balaban J connectivity index is 1.98. The molecule has 3 aromatic rings. The number of hydrogen-bond donors (Lipinski definition) is 2. The maximum atomic E-state index is 13.6. The molecule has 1 N–H and O–H groups in total. The van der Waals surface area contributed by atoms with E-state index in [1.165, 1.54) is 29.1 Å². The number of thiol groups is 1. The summed E-state index contributed by atoms with van der Waals surface area (Å²) in [6, 6.07) is 11.4. The molecule has 0 unspecified atom stereocenters. The fourth-order valence-corrected chi connectivity index (χ4v) is 3.85. The number of aromatic nitrogens is 1. The summed E-state index contributed by atoms with van der Waals surface area (Å²) in [6.45, 7) is 3.42. The van der Waals surface area contributed by atoms with Crippen LogP contribution in [0.4, 0.5) is 18.9 Å². The Morgan fingerprint density at radius 3 is 2.34 bits per heavy atom. The van der Waals surface area contributed by atoms with Gasteiger partial charge in [-0.15, -0.1) is 0 Å². The molecule has 3 rings (SSSR count). The number of carbonyl (C=O) groups is 1. The highest BCUT2D eigenvalue weighted by molar-refractivity contribution is 7.71. The zero-order chi connectivity index (χ0) is 23.5. The van der Waals surface area contributed by atoms with Crippen LogP contribution >= 0.6 is 0 Å². The molecule has 0 saturated carbocycles. The molecule has 0 atom stereocenters. The van der Waals surface area contributed by atoms with Crippen molar-refractivity contribution in [3.05, 3.63) is 77.0 Å². The fraction of sp³-hybridized carbons (Fsp3) is 0.227. The molecule has 0 aliphatic rings. The predicted octanol–water partition coefficient (Wildman–Crippen LogP) is 4.29. The monoisotopic (exact) mass is 466 g/mol. The number of alkyl halides is 3. The predicted molar refractivity (Wildman–Crippen MR) is 115 cm³/mol. The maximum Gasteiger partial charge on any atom is 0.417 e. The molecule has 0 bridgehead atoms. The number of nitrogens with one attached hydrogen (secondary N) is 1. The van der Waals surface area contributed by atoms with Crippen LogP contribution in [-0.2, 0) is 22.6 Å². The number of carbonyl (C=O) groups excluding carboxylic acids is 1. The molecule has 2 aromatic carbocycles. The van der Waals surface area contributed by atoms with Crippen LogP contribution < -0.4 is 10.2 Å². The summed E-state index contributed by atoms with van der Waals surface area (Å²) >= 11 is 0. The lowest BCUT2D eigenvalue weighted by molar-refractivity contribution is -0.137. The molecule has 1 aromatic heterocycles. The van der Waals surface area contributed by atoms with Gasteiger partial charge in [0, 0.05) is 11.3 Å². The zero-order valence-electron chi connectivity index (χ0n) is 17.3. The molecule has 0 aliphatic heterocycles. The van der Waals surface area contributed by atoms with E-state index in [1.54, 1.807) is 38.1 Å². The normalized spacial score (nSPS) is 11.6. The van der Waals surface area contributed by atoms with Gasteiger partial charge in [0.1, 0.15) is 17.3 Å². The minimum atomic E-state index is -4.58. The fourth-order valence-electron chi connectivity index (χ4n) is 3.34. The minimum Gasteiger partial charge on any atom is -0.414 e. The van der Waals surface area contributed by atoms with Gasteiger partial charge >= 0.3 is 6.18 Å². The Hall–Kier alpha value is -3.27. The first kappa shape index (κ1) is 23.4. The molecule has 10 heteroatoms. The first-order valence-corrected chi connectivity index (χ1v) is 11.0. The molecule has 0 aliphatic carbocycles. The topological polar surface area (TPSA) is 77.4 Å². The third-order valence-corrected chi connectivity index (χ3v) is 5.37. The summed E-state index contributed by atoms with van der Waals surface area (Å²) in [4.78, 5) is 18.4. The molecular formula is C22H21F3N2O4S. The van der Waals surface area contributed by atoms with Crippen LogP contribution in [-0.4, -0.2) is 25.7 Å². The van der Waals surface area contributed by atoms with Crippen LogP contribution in [0.2, 0.25) is 0 Å². The lowest BCUT2D eigenvalue weighted by Crippen LogP contribution is -2.14. The SMILES string of the molecule is CCOn1cc(C(=O)Nc2ccc(C[SH](=O)=O)cc2)c(C)c1-c1ccccc1C(F)(F)F. The summed E-state index contributed by atoms with van der Waals surface area (Å²) in [5.41, 5.74) is 0.677. The Morgan fingerprint density at radius 2 is 1.75 bits per heavy atom. The van der Waals surface area contributed by atoms with E-state index in [1.807, 2.05) is 0 Å². The molecule has 1 amide bonds. The summed E-state index contributed by atoms with van der Waals surface area (Å²) in [7, 11) is -2.57. The van der Waals surface area contributed by atoms with E-state index in [0.717, 1.165) is 6.07 Å². The second kappa shape index (κ2) is 9.47. The Kier molecular flexibility index (Phi) is 6.93. The number of hydrogen-bond acceptors (Lipinski definition) is 4. The van der Waals surface area contributed by atoms with E-state index in [4.69, 9.17) is 4.84 Å². The molecule has 0 fully saturated rings. The highest BCUT2D eigenvalue weighted by atomic mass is 32.2. The van der Waals surface area contributed by atoms with Crippen molar-refractivity contribution in [3.63, 3.8) is 0 Å². The second-order valence-corrected chi connectivity index (χ2v) is 7.93. The first-order chi connectivity index (χ1) is 15.1. The van der Waals surface area contributed by atoms with E-state index in [-0.39, 0.29) is 29.2 Å². The summed E-state index contributed by atoms with van der Waals surface area (Å²) in [5.74, 6) is -0.642. The van der Waals surface area contributed by atoms with Crippen molar-refractivity contribution in [1.82, 2.24) is 4.73 Å². The maximum absolute atomic E-state index is 13.6. The van der Waals surface area contributed by atoms with Crippen LogP contribution in [0.25, 0.3) is 11.3 Å². The van der Waals surface area contributed by atoms with Crippen molar-refractivity contribution in [2.75, 3.05) is 11.9 Å². The quantitative estimate of drug-likeness (QED) is 0.509. The van der Waals surface area contributed by atoms with Crippen LogP contribution in [0.3, 0.4) is 0 Å². The van der Waals surface area contributed by atoms with Crippen molar-refractivity contribution >= 4 is 22.3 Å². The van der Waals surface area contributed by atoms with Gasteiger partial charge in [-0.3, -0.25) is 4.79 Å². The van der Waals surface area contributed by atoms with E-state index >= 15 is 0 Å². The number of rotatable bonds is 7. The van der Waals surface area contributed by atoms with Gasteiger partial charge in [0.05, 0.1) is 28.8 Å². The van der Waals surface area contributed by atoms with E-state index in [2.05, 4.69) is 5.32 Å². The Bertz CT molecular complexity index is 1190. The third-order valence-electron chi connectivity index (χ3n) is 4.75. The average molecular weight is 466 g/mol. The highest BCUT2D eigenvalue weighted by Gasteiger charge is 2.35. The highest BCUT2D eigenvalue weighted by Crippen LogP contribution is 2.39. The van der Waals surface area contributed by atoms with Crippen LogP contribution in [0.1, 0.15) is 34.0 Å². The smallest absolute Gasteiger partial charge is 0.414 e. The van der Waals surface area contributed by atoms with E-state index < -0.39 is 28.4 Å². The molecular weight excluding hydrogens is 445 g/mol. The lowest BCUT2D eigenvalue weighted by Gasteiger charge is -2.16. The standard InChI is InChI=1S/C22H21F3N2O4S/c1-3-31-27-12-18(21(28)26-16-10-8-15(9-11-16)13-32(29)30)14(2)20(27)17-6-4-5-7-19(17)22(23,24)25/h4-12,32H,3,13H2,1-2H3,(H,26,28). The van der Waals surface area contributed by atoms with Crippen LogP contribution in [0.5, 0.6) is 0 Å². The number of halogens is 3. The number of nitrogens with zero attached hydrogens (tertiary/aromatic N) is 1. The number of amides is 1. The molecule has 170 valence electrons. The van der Waals surface area contributed by atoms with Gasteiger partial charge in [0.2, 0.25) is 0 Å². The molecule has 1 heterocycles. The molecule has 6 nitrogen and oxygen atoms in total. The third kappa shape index (κ3) is 5.13. The van der Waals surface area contributed by atoms with Gasteiger partial charge in [-0.2, -0.15) is 17.9 Å². The van der Waals surface area contributed by atoms with Crippen LogP contribution in [0.15, 0.2) is 54.7 Å². The van der Waals surface area contributed by atoms with Gasteiger partial charge in [0.15, 0.2) is 0 Å². The Labute approximate surface area is 184 Å². The van der Waals surface area contributed by atoms with Gasteiger partial charge in [0.25, 0.3) is 5.91 Å². The zero-order valence-corrected chi connectivity index (χ0v) is 18.2. The molecule has 0 spiro atoms.